The fourth-order valence-corrected chi connectivity index (χ4v) is 4.16. The molecule has 0 heterocycles. The molecule has 4 heteroatoms. The van der Waals surface area contributed by atoms with Crippen LogP contribution in [0.1, 0.15) is 16.7 Å². The van der Waals surface area contributed by atoms with E-state index in [1.807, 2.05) is 54.8 Å². The van der Waals surface area contributed by atoms with Crippen molar-refractivity contribution in [1.29, 1.82) is 0 Å². The van der Waals surface area contributed by atoms with E-state index in [0.29, 0.717) is 5.90 Å². The Hall–Kier alpha value is -2.43. The summed E-state index contributed by atoms with van der Waals surface area (Å²) in [5, 5.41) is 2.01. The van der Waals surface area contributed by atoms with Gasteiger partial charge in [-0.1, -0.05) is 63.5 Å². The summed E-state index contributed by atoms with van der Waals surface area (Å²) in [5.74, 6) is 1.35. The average Bonchev–Trinajstić information content (AvgIpc) is 2.67. The highest BCUT2D eigenvalue weighted by molar-refractivity contribution is 8.77. The second kappa shape index (κ2) is 10.2. The molecule has 0 aromatic heterocycles. The molecule has 0 N–H and O–H groups in total. The molecule has 0 bridgehead atoms. The normalized spacial score (nSPS) is 11.8. The van der Waals surface area contributed by atoms with Gasteiger partial charge in [0.25, 0.3) is 0 Å². The van der Waals surface area contributed by atoms with Crippen molar-refractivity contribution in [2.45, 2.75) is 25.7 Å². The number of nitrogens with zero attached hydrogens (tertiary/aromatic N) is 1. The predicted molar refractivity (Wildman–Crippen MR) is 124 cm³/mol. The molecule has 0 radical (unpaired) electrons. The van der Waals surface area contributed by atoms with Crippen molar-refractivity contribution in [2.75, 3.05) is 0 Å². The van der Waals surface area contributed by atoms with Crippen LogP contribution in [0.5, 0.6) is 5.75 Å². The van der Waals surface area contributed by atoms with E-state index in [0.717, 1.165) is 17.0 Å². The van der Waals surface area contributed by atoms with Crippen molar-refractivity contribution in [3.05, 3.63) is 101 Å². The van der Waals surface area contributed by atoms with E-state index in [1.165, 1.54) is 16.0 Å². The van der Waals surface area contributed by atoms with Crippen LogP contribution in [0.2, 0.25) is 0 Å². The SMILES string of the molecule is Cc1ccc(N=C(/C=C/SSc2cccc(C)c2)Oc2cccc(C)c2)cc1. The minimum atomic E-state index is 0.562. The van der Waals surface area contributed by atoms with Crippen LogP contribution in [0, 0.1) is 20.8 Å². The van der Waals surface area contributed by atoms with E-state index in [1.54, 1.807) is 21.6 Å². The first-order chi connectivity index (χ1) is 13.6. The zero-order chi connectivity index (χ0) is 19.8. The van der Waals surface area contributed by atoms with Gasteiger partial charge in [0.15, 0.2) is 0 Å². The van der Waals surface area contributed by atoms with Crippen molar-refractivity contribution < 1.29 is 4.74 Å². The van der Waals surface area contributed by atoms with Crippen LogP contribution >= 0.6 is 21.6 Å². The first-order valence-electron chi connectivity index (χ1n) is 9.05. The highest BCUT2D eigenvalue weighted by Gasteiger charge is 2.02. The molecule has 2 nitrogen and oxygen atoms in total. The van der Waals surface area contributed by atoms with Gasteiger partial charge < -0.3 is 4.74 Å². The molecule has 0 aliphatic carbocycles. The number of aryl methyl sites for hydroxylation is 3. The minimum absolute atomic E-state index is 0.562. The fourth-order valence-electron chi connectivity index (χ4n) is 2.48. The van der Waals surface area contributed by atoms with Gasteiger partial charge in [0.1, 0.15) is 5.75 Å². The summed E-state index contributed by atoms with van der Waals surface area (Å²) in [4.78, 5) is 5.90. The maximum absolute atomic E-state index is 6.04. The molecule has 0 aliphatic heterocycles. The van der Waals surface area contributed by atoms with Crippen LogP contribution in [0.4, 0.5) is 5.69 Å². The molecule has 3 aromatic rings. The van der Waals surface area contributed by atoms with Gasteiger partial charge in [-0.25, -0.2) is 4.99 Å². The lowest BCUT2D eigenvalue weighted by molar-refractivity contribution is 0.555. The summed E-state index contributed by atoms with van der Waals surface area (Å²) in [6.07, 6.45) is 1.91. The van der Waals surface area contributed by atoms with Crippen LogP contribution in [0.15, 0.2) is 94.2 Å². The van der Waals surface area contributed by atoms with Crippen LogP contribution < -0.4 is 4.74 Å². The zero-order valence-corrected chi connectivity index (χ0v) is 17.9. The van der Waals surface area contributed by atoms with Crippen molar-refractivity contribution in [3.8, 4) is 5.75 Å². The van der Waals surface area contributed by atoms with E-state index in [4.69, 9.17) is 4.74 Å². The largest absolute Gasteiger partial charge is 0.439 e. The first kappa shape index (κ1) is 20.3. The van der Waals surface area contributed by atoms with Crippen LogP contribution in [-0.4, -0.2) is 5.90 Å². The third-order valence-corrected chi connectivity index (χ3v) is 5.87. The topological polar surface area (TPSA) is 21.6 Å². The molecule has 142 valence electrons. The lowest BCUT2D eigenvalue weighted by Crippen LogP contribution is -2.04. The van der Waals surface area contributed by atoms with Crippen molar-refractivity contribution in [1.82, 2.24) is 0 Å². The fraction of sp³-hybridized carbons (Fsp3) is 0.125. The quantitative estimate of drug-likeness (QED) is 0.238. The Bertz CT molecular complexity index is 978. The number of ether oxygens (including phenoxy) is 1. The summed E-state index contributed by atoms with van der Waals surface area (Å²) >= 11 is 0. The number of hydrogen-bond donors (Lipinski definition) is 0. The van der Waals surface area contributed by atoms with Gasteiger partial charge in [0.05, 0.1) is 5.69 Å². The first-order valence-corrected chi connectivity index (χ1v) is 11.3. The third kappa shape index (κ3) is 6.63. The monoisotopic (exact) mass is 405 g/mol. The number of aliphatic imine (C=N–C) groups is 1. The maximum Gasteiger partial charge on any atom is 0.220 e. The molecule has 0 atom stereocenters. The molecule has 0 unspecified atom stereocenters. The van der Waals surface area contributed by atoms with Gasteiger partial charge in [-0.15, -0.1) is 0 Å². The molecule has 0 aliphatic rings. The van der Waals surface area contributed by atoms with Gasteiger partial charge in [0, 0.05) is 11.0 Å². The standard InChI is InChI=1S/C24H23NOS2/c1-18-10-12-21(13-11-18)25-24(26-22-8-4-6-19(2)16-22)14-15-27-28-23-9-5-7-20(3)17-23/h4-17H,1-3H3/b15-14+,25-24?. The third-order valence-electron chi connectivity index (χ3n) is 3.89. The molecular weight excluding hydrogens is 382 g/mol. The Kier molecular flexibility index (Phi) is 7.40. The van der Waals surface area contributed by atoms with Gasteiger partial charge in [-0.3, -0.25) is 0 Å². The Morgan fingerprint density at radius 1 is 0.821 bits per heavy atom. The van der Waals surface area contributed by atoms with E-state index in [-0.39, 0.29) is 0 Å². The average molecular weight is 406 g/mol. The van der Waals surface area contributed by atoms with Crippen molar-refractivity contribution in [3.63, 3.8) is 0 Å². The van der Waals surface area contributed by atoms with Crippen LogP contribution in [-0.2, 0) is 0 Å². The smallest absolute Gasteiger partial charge is 0.220 e. The maximum atomic E-state index is 6.04. The number of benzene rings is 3. The second-order valence-corrected chi connectivity index (χ2v) is 8.68. The molecule has 28 heavy (non-hydrogen) atoms. The molecule has 0 fully saturated rings. The number of hydrogen-bond acceptors (Lipinski definition) is 4. The lowest BCUT2D eigenvalue weighted by Gasteiger charge is -2.07. The van der Waals surface area contributed by atoms with Gasteiger partial charge >= 0.3 is 0 Å². The Balaban J connectivity index is 1.74. The predicted octanol–water partition coefficient (Wildman–Crippen LogP) is 7.68. The molecule has 3 rings (SSSR count). The van der Waals surface area contributed by atoms with E-state index in [9.17, 15) is 0 Å². The number of rotatable bonds is 6. The summed E-state index contributed by atoms with van der Waals surface area (Å²) in [6, 6.07) is 24.6. The Labute approximate surface area is 175 Å². The van der Waals surface area contributed by atoms with E-state index >= 15 is 0 Å². The lowest BCUT2D eigenvalue weighted by atomic mass is 10.2. The summed E-state index contributed by atoms with van der Waals surface area (Å²) in [5.41, 5.74) is 4.49. The second-order valence-electron chi connectivity index (χ2n) is 6.50. The molecule has 0 saturated heterocycles. The molecular formula is C24H23NOS2. The van der Waals surface area contributed by atoms with E-state index < -0.39 is 0 Å². The zero-order valence-electron chi connectivity index (χ0n) is 16.3. The van der Waals surface area contributed by atoms with Crippen LogP contribution in [0.25, 0.3) is 0 Å². The molecule has 0 amide bonds. The Morgan fingerprint density at radius 3 is 2.25 bits per heavy atom. The molecule has 0 saturated carbocycles. The van der Waals surface area contributed by atoms with Crippen LogP contribution in [0.3, 0.4) is 0 Å². The van der Waals surface area contributed by atoms with Crippen molar-refractivity contribution in [2.24, 2.45) is 4.99 Å². The minimum Gasteiger partial charge on any atom is -0.439 e. The summed E-state index contributed by atoms with van der Waals surface area (Å²) in [6.45, 7) is 6.22. The molecule has 3 aromatic carbocycles. The van der Waals surface area contributed by atoms with Gasteiger partial charge in [-0.05, 0) is 73.7 Å². The van der Waals surface area contributed by atoms with Gasteiger partial charge in [-0.2, -0.15) is 0 Å². The Morgan fingerprint density at radius 2 is 1.54 bits per heavy atom. The highest BCUT2D eigenvalue weighted by atomic mass is 33.1. The summed E-state index contributed by atoms with van der Waals surface area (Å²) in [7, 11) is 3.36. The van der Waals surface area contributed by atoms with E-state index in [2.05, 4.69) is 55.2 Å². The van der Waals surface area contributed by atoms with Crippen molar-refractivity contribution >= 4 is 33.2 Å². The van der Waals surface area contributed by atoms with Gasteiger partial charge in [0.2, 0.25) is 5.90 Å². The molecule has 0 spiro atoms. The summed E-state index contributed by atoms with van der Waals surface area (Å²) < 4.78 is 6.04. The highest BCUT2D eigenvalue weighted by Crippen LogP contribution is 2.32.